The van der Waals surface area contributed by atoms with Crippen molar-refractivity contribution < 1.29 is 0 Å². The summed E-state index contributed by atoms with van der Waals surface area (Å²) in [5.41, 5.74) is 19.0. The number of benzene rings is 10. The van der Waals surface area contributed by atoms with Gasteiger partial charge in [-0.05, 0) is 128 Å². The normalized spacial score (nSPS) is 11.5. The van der Waals surface area contributed by atoms with Crippen molar-refractivity contribution in [1.29, 1.82) is 0 Å². The van der Waals surface area contributed by atoms with Gasteiger partial charge in [-0.25, -0.2) is 0 Å². The van der Waals surface area contributed by atoms with Gasteiger partial charge in [0.15, 0.2) is 0 Å². The highest BCUT2D eigenvalue weighted by atomic mass is 15.0. The molecule has 0 N–H and O–H groups in total. The fourth-order valence-corrected chi connectivity index (χ4v) is 9.53. The molecule has 12 rings (SSSR count). The zero-order chi connectivity index (χ0) is 41.0. The summed E-state index contributed by atoms with van der Waals surface area (Å²) in [4.78, 5) is 0. The van der Waals surface area contributed by atoms with Gasteiger partial charge >= 0.3 is 0 Å². The van der Waals surface area contributed by atoms with Gasteiger partial charge in [-0.1, -0.05) is 170 Å². The van der Waals surface area contributed by atoms with Crippen molar-refractivity contribution in [3.05, 3.63) is 243 Å². The van der Waals surface area contributed by atoms with Crippen LogP contribution in [0.4, 0.5) is 0 Å². The van der Waals surface area contributed by atoms with Crippen LogP contribution in [-0.4, -0.2) is 9.13 Å². The molecule has 0 aliphatic carbocycles. The van der Waals surface area contributed by atoms with E-state index >= 15 is 0 Å². The molecule has 290 valence electrons. The first-order valence-corrected chi connectivity index (χ1v) is 21.3. The maximum atomic E-state index is 2.44. The zero-order valence-electron chi connectivity index (χ0n) is 34.0. The smallest absolute Gasteiger partial charge is 0.0541 e. The summed E-state index contributed by atoms with van der Waals surface area (Å²) in [7, 11) is 0. The molecule has 0 aliphatic rings. The van der Waals surface area contributed by atoms with Gasteiger partial charge in [0.25, 0.3) is 0 Å². The Morgan fingerprint density at radius 3 is 0.806 bits per heavy atom. The predicted molar refractivity (Wildman–Crippen MR) is 262 cm³/mol. The minimum atomic E-state index is 1.14. The summed E-state index contributed by atoms with van der Waals surface area (Å²) in [5, 5.41) is 4.94. The van der Waals surface area contributed by atoms with Crippen LogP contribution < -0.4 is 0 Å². The third kappa shape index (κ3) is 6.12. The van der Waals surface area contributed by atoms with Crippen molar-refractivity contribution in [2.75, 3.05) is 0 Å². The molecule has 0 bridgehead atoms. The van der Waals surface area contributed by atoms with Gasteiger partial charge in [0.1, 0.15) is 0 Å². The van der Waals surface area contributed by atoms with E-state index in [2.05, 4.69) is 252 Å². The van der Waals surface area contributed by atoms with Gasteiger partial charge in [-0.2, -0.15) is 0 Å². The first-order chi connectivity index (χ1) is 30.7. The van der Waals surface area contributed by atoms with Crippen LogP contribution in [0.1, 0.15) is 0 Å². The Bertz CT molecular complexity index is 3240. The number of rotatable bonds is 7. The zero-order valence-corrected chi connectivity index (χ0v) is 34.0. The largest absolute Gasteiger partial charge is 0.309 e. The van der Waals surface area contributed by atoms with Gasteiger partial charge < -0.3 is 9.13 Å². The van der Waals surface area contributed by atoms with E-state index in [4.69, 9.17) is 0 Å². The van der Waals surface area contributed by atoms with Gasteiger partial charge in [-0.15, -0.1) is 0 Å². The summed E-state index contributed by atoms with van der Waals surface area (Å²) in [6.45, 7) is 0. The van der Waals surface area contributed by atoms with E-state index < -0.39 is 0 Å². The van der Waals surface area contributed by atoms with Crippen molar-refractivity contribution in [1.82, 2.24) is 9.13 Å². The monoisotopic (exact) mass is 788 g/mol. The summed E-state index contributed by atoms with van der Waals surface area (Å²) in [6, 6.07) is 88.5. The fourth-order valence-electron chi connectivity index (χ4n) is 9.53. The van der Waals surface area contributed by atoms with E-state index in [1.165, 1.54) is 99.2 Å². The van der Waals surface area contributed by atoms with E-state index in [-0.39, 0.29) is 0 Å². The number of hydrogen-bond donors (Lipinski definition) is 0. The summed E-state index contributed by atoms with van der Waals surface area (Å²) in [5.74, 6) is 0. The average Bonchev–Trinajstić information content (AvgIpc) is 3.87. The molecular formula is C60H40N2. The molecule has 0 aliphatic heterocycles. The highest BCUT2D eigenvalue weighted by Gasteiger charge is 2.18. The first kappa shape index (κ1) is 35.7. The Kier molecular flexibility index (Phi) is 8.53. The molecule has 0 radical (unpaired) electrons. The molecule has 2 heteroatoms. The predicted octanol–water partition coefficient (Wildman–Crippen LogP) is 16.2. The molecule has 2 aromatic heterocycles. The summed E-state index contributed by atoms with van der Waals surface area (Å²) in [6.07, 6.45) is 0. The van der Waals surface area contributed by atoms with E-state index in [0.717, 1.165) is 11.4 Å². The fraction of sp³-hybridized carbons (Fsp3) is 0. The Balaban J connectivity index is 1.02. The summed E-state index contributed by atoms with van der Waals surface area (Å²) >= 11 is 0. The number of aromatic nitrogens is 2. The lowest BCUT2D eigenvalue weighted by molar-refractivity contribution is 1.18. The number of nitrogens with zero attached hydrogens (tertiary/aromatic N) is 2. The van der Waals surface area contributed by atoms with Crippen molar-refractivity contribution in [2.45, 2.75) is 0 Å². The quantitative estimate of drug-likeness (QED) is 0.152. The third-order valence-corrected chi connectivity index (χ3v) is 12.5. The molecule has 0 atom stereocenters. The molecule has 0 saturated carbocycles. The van der Waals surface area contributed by atoms with Crippen LogP contribution >= 0.6 is 0 Å². The highest BCUT2D eigenvalue weighted by molar-refractivity contribution is 6.13. The van der Waals surface area contributed by atoms with Crippen molar-refractivity contribution in [3.8, 4) is 67.0 Å². The molecule has 0 saturated heterocycles. The number of para-hydroxylation sites is 2. The molecule has 0 fully saturated rings. The van der Waals surface area contributed by atoms with Crippen LogP contribution in [0.25, 0.3) is 111 Å². The van der Waals surface area contributed by atoms with Gasteiger partial charge in [0.2, 0.25) is 0 Å². The third-order valence-electron chi connectivity index (χ3n) is 12.5. The average molecular weight is 789 g/mol. The molecule has 62 heavy (non-hydrogen) atoms. The van der Waals surface area contributed by atoms with Crippen LogP contribution in [0.3, 0.4) is 0 Å². The molecule has 0 amide bonds. The number of hydrogen-bond acceptors (Lipinski definition) is 0. The maximum Gasteiger partial charge on any atom is 0.0541 e. The second-order valence-corrected chi connectivity index (χ2v) is 16.2. The topological polar surface area (TPSA) is 9.86 Å². The second kappa shape index (κ2) is 14.8. The summed E-state index contributed by atoms with van der Waals surface area (Å²) < 4.78 is 4.88. The lowest BCUT2D eigenvalue weighted by Crippen LogP contribution is -1.96. The second-order valence-electron chi connectivity index (χ2n) is 16.2. The van der Waals surface area contributed by atoms with E-state index in [9.17, 15) is 0 Å². The number of fused-ring (bicyclic) bond motifs is 6. The Morgan fingerprint density at radius 1 is 0.177 bits per heavy atom. The van der Waals surface area contributed by atoms with E-state index in [1.54, 1.807) is 0 Å². The molecule has 2 nitrogen and oxygen atoms in total. The Labute approximate surface area is 360 Å². The van der Waals surface area contributed by atoms with Crippen LogP contribution in [0.15, 0.2) is 243 Å². The van der Waals surface area contributed by atoms with Crippen molar-refractivity contribution in [2.24, 2.45) is 0 Å². The minimum absolute atomic E-state index is 1.14. The highest BCUT2D eigenvalue weighted by Crippen LogP contribution is 2.41. The Hall–Kier alpha value is -8.20. The molecule has 12 aromatic rings. The minimum Gasteiger partial charge on any atom is -0.309 e. The van der Waals surface area contributed by atoms with Crippen LogP contribution in [0.2, 0.25) is 0 Å². The van der Waals surface area contributed by atoms with Gasteiger partial charge in [-0.3, -0.25) is 0 Å². The molecular weight excluding hydrogens is 749 g/mol. The molecule has 0 spiro atoms. The molecule has 2 heterocycles. The molecule has 10 aromatic carbocycles. The van der Waals surface area contributed by atoms with Crippen molar-refractivity contribution >= 4 is 43.6 Å². The lowest BCUT2D eigenvalue weighted by Gasteiger charge is -2.14. The van der Waals surface area contributed by atoms with E-state index in [1.807, 2.05) is 0 Å². The van der Waals surface area contributed by atoms with Crippen LogP contribution in [-0.2, 0) is 0 Å². The molecule has 0 unspecified atom stereocenters. The SMILES string of the molecule is c1ccc(-c2cc(-c3ccccc3)cc(-n3c4ccccc4c4cc(-c5ccc6c(c5)c5ccccc5n6-c5cc(-c6ccccc6)cc(-c6ccccc6)c5)ccc43)c2)cc1. The first-order valence-electron chi connectivity index (χ1n) is 21.3. The standard InChI is InChI=1S/C60H40N2/c1-5-17-41(18-6-1)47-33-48(42-19-7-2-8-20-42)36-51(35-47)61-57-27-15-13-25-53(57)55-39-45(29-31-59(55)61)46-30-32-60-56(40-46)54-26-14-16-28-58(54)62(60)52-37-49(43-21-9-3-10-22-43)34-50(38-52)44-23-11-4-12-24-44/h1-40H. The van der Waals surface area contributed by atoms with E-state index in [0.29, 0.717) is 0 Å². The van der Waals surface area contributed by atoms with Gasteiger partial charge in [0.05, 0.1) is 22.1 Å². The van der Waals surface area contributed by atoms with Crippen LogP contribution in [0.5, 0.6) is 0 Å². The van der Waals surface area contributed by atoms with Crippen molar-refractivity contribution in [3.63, 3.8) is 0 Å². The maximum absolute atomic E-state index is 2.44. The van der Waals surface area contributed by atoms with Gasteiger partial charge in [0, 0.05) is 32.9 Å². The van der Waals surface area contributed by atoms with Crippen LogP contribution in [0, 0.1) is 0 Å². The Morgan fingerprint density at radius 2 is 0.468 bits per heavy atom. The lowest BCUT2D eigenvalue weighted by atomic mass is 9.98.